The summed E-state index contributed by atoms with van der Waals surface area (Å²) in [7, 11) is -4.44. The van der Waals surface area contributed by atoms with Gasteiger partial charge in [-0.2, -0.15) is 5.26 Å². The van der Waals surface area contributed by atoms with Crippen LogP contribution in [0.25, 0.3) is 0 Å². The number of nitrogens with one attached hydrogen (secondary N) is 1. The summed E-state index contributed by atoms with van der Waals surface area (Å²) in [6.45, 7) is 2.10. The van der Waals surface area contributed by atoms with Crippen LogP contribution in [0.2, 0.25) is 0 Å². The standard InChI is InChI=1S/C17H19N2O3P/c1-2-4-13-7-9-16(10-8-13)19-17(23(20,21)22)15-6-3-5-14(11-15)12-18/h3,5-11,17,19H,2,4H2,1H3,(H2,20,21,22). The number of benzene rings is 2. The SMILES string of the molecule is CCCc1ccc(NC(c2cccc(C#N)c2)P(=O)(O)O)cc1. The molecule has 23 heavy (non-hydrogen) atoms. The van der Waals surface area contributed by atoms with Crippen LogP contribution in [-0.4, -0.2) is 9.79 Å². The molecule has 6 heteroatoms. The maximum Gasteiger partial charge on any atom is 0.352 e. The van der Waals surface area contributed by atoms with E-state index in [0.717, 1.165) is 12.8 Å². The van der Waals surface area contributed by atoms with Crippen LogP contribution in [0.1, 0.15) is 35.8 Å². The molecular weight excluding hydrogens is 311 g/mol. The number of rotatable bonds is 6. The Morgan fingerprint density at radius 2 is 1.91 bits per heavy atom. The van der Waals surface area contributed by atoms with Crippen LogP contribution in [0.5, 0.6) is 0 Å². The molecule has 2 rings (SSSR count). The van der Waals surface area contributed by atoms with E-state index in [1.165, 1.54) is 11.6 Å². The van der Waals surface area contributed by atoms with Crippen molar-refractivity contribution in [1.29, 1.82) is 5.26 Å². The zero-order valence-electron chi connectivity index (χ0n) is 12.8. The van der Waals surface area contributed by atoms with Crippen LogP contribution in [0.3, 0.4) is 0 Å². The van der Waals surface area contributed by atoms with Gasteiger partial charge in [0.15, 0.2) is 5.78 Å². The third-order valence-corrected chi connectivity index (χ3v) is 4.56. The monoisotopic (exact) mass is 330 g/mol. The van der Waals surface area contributed by atoms with Crippen molar-refractivity contribution in [1.82, 2.24) is 0 Å². The van der Waals surface area contributed by atoms with Crippen LogP contribution in [0, 0.1) is 11.3 Å². The molecule has 0 amide bonds. The first-order valence-electron chi connectivity index (χ1n) is 7.35. The van der Waals surface area contributed by atoms with Crippen LogP contribution in [-0.2, 0) is 11.0 Å². The molecule has 0 aliphatic carbocycles. The fourth-order valence-electron chi connectivity index (χ4n) is 2.35. The predicted molar refractivity (Wildman–Crippen MR) is 90.0 cm³/mol. The van der Waals surface area contributed by atoms with Gasteiger partial charge in [-0.15, -0.1) is 0 Å². The molecule has 5 nitrogen and oxygen atoms in total. The van der Waals surface area contributed by atoms with Gasteiger partial charge in [-0.25, -0.2) is 0 Å². The molecule has 2 aromatic carbocycles. The molecule has 120 valence electrons. The second-order valence-electron chi connectivity index (χ2n) is 5.32. The van der Waals surface area contributed by atoms with Gasteiger partial charge in [0, 0.05) is 5.69 Å². The van der Waals surface area contributed by atoms with Gasteiger partial charge < -0.3 is 15.1 Å². The average molecular weight is 330 g/mol. The zero-order valence-corrected chi connectivity index (χ0v) is 13.7. The summed E-state index contributed by atoms with van der Waals surface area (Å²) in [5.41, 5.74) is 2.55. The van der Waals surface area contributed by atoms with Crippen molar-refractivity contribution in [2.75, 3.05) is 5.32 Å². The third-order valence-electron chi connectivity index (χ3n) is 3.46. The van der Waals surface area contributed by atoms with Crippen LogP contribution < -0.4 is 5.32 Å². The summed E-state index contributed by atoms with van der Waals surface area (Å²) < 4.78 is 11.9. The predicted octanol–water partition coefficient (Wildman–Crippen LogP) is 3.80. The van der Waals surface area contributed by atoms with Crippen LogP contribution in [0.15, 0.2) is 48.5 Å². The lowest BCUT2D eigenvalue weighted by atomic mass is 10.1. The van der Waals surface area contributed by atoms with Crippen LogP contribution in [0.4, 0.5) is 5.69 Å². The van der Waals surface area contributed by atoms with E-state index in [1.54, 1.807) is 18.2 Å². The lowest BCUT2D eigenvalue weighted by Crippen LogP contribution is -2.11. The molecule has 1 unspecified atom stereocenters. The van der Waals surface area contributed by atoms with Gasteiger partial charge in [0.25, 0.3) is 0 Å². The van der Waals surface area contributed by atoms with Gasteiger partial charge in [0.1, 0.15) is 0 Å². The molecule has 0 fully saturated rings. The highest BCUT2D eigenvalue weighted by Gasteiger charge is 2.30. The van der Waals surface area contributed by atoms with Gasteiger partial charge >= 0.3 is 7.60 Å². The van der Waals surface area contributed by atoms with Crippen molar-refractivity contribution < 1.29 is 14.4 Å². The molecule has 0 aliphatic rings. The topological polar surface area (TPSA) is 93.4 Å². The maximum atomic E-state index is 11.9. The first-order valence-corrected chi connectivity index (χ1v) is 9.03. The molecule has 0 bridgehead atoms. The van der Waals surface area contributed by atoms with Crippen molar-refractivity contribution in [3.63, 3.8) is 0 Å². The molecule has 0 aromatic heterocycles. The normalized spacial score (nSPS) is 12.4. The van der Waals surface area contributed by atoms with E-state index < -0.39 is 13.4 Å². The molecule has 0 radical (unpaired) electrons. The summed E-state index contributed by atoms with van der Waals surface area (Å²) in [5, 5.41) is 11.8. The quantitative estimate of drug-likeness (QED) is 0.701. The Morgan fingerprint density at radius 3 is 2.48 bits per heavy atom. The maximum absolute atomic E-state index is 11.9. The van der Waals surface area contributed by atoms with E-state index in [9.17, 15) is 14.4 Å². The second kappa shape index (κ2) is 7.43. The van der Waals surface area contributed by atoms with Gasteiger partial charge in [0.2, 0.25) is 0 Å². The molecule has 2 aromatic rings. The Morgan fingerprint density at radius 1 is 1.22 bits per heavy atom. The van der Waals surface area contributed by atoms with E-state index >= 15 is 0 Å². The summed E-state index contributed by atoms with van der Waals surface area (Å²) in [6.07, 6.45) is 2.01. The summed E-state index contributed by atoms with van der Waals surface area (Å²) in [4.78, 5) is 19.3. The minimum Gasteiger partial charge on any atom is -0.368 e. The van der Waals surface area contributed by atoms with Crippen LogP contribution >= 0.6 is 7.60 Å². The smallest absolute Gasteiger partial charge is 0.352 e. The Kier molecular flexibility index (Phi) is 5.57. The Labute approximate surface area is 135 Å². The van der Waals surface area contributed by atoms with E-state index in [4.69, 9.17) is 5.26 Å². The number of hydrogen-bond acceptors (Lipinski definition) is 3. The molecule has 0 heterocycles. The van der Waals surface area contributed by atoms with Gasteiger partial charge in [0.05, 0.1) is 11.6 Å². The summed E-state index contributed by atoms with van der Waals surface area (Å²) >= 11 is 0. The van der Waals surface area contributed by atoms with Crippen molar-refractivity contribution in [2.45, 2.75) is 25.5 Å². The molecule has 1 atom stereocenters. The van der Waals surface area contributed by atoms with Gasteiger partial charge in [-0.1, -0.05) is 37.6 Å². The number of nitriles is 1. The number of hydrogen-bond donors (Lipinski definition) is 3. The Bertz CT molecular complexity index is 747. The van der Waals surface area contributed by atoms with Crippen molar-refractivity contribution in [2.24, 2.45) is 0 Å². The number of nitrogens with zero attached hydrogens (tertiary/aromatic N) is 1. The first-order chi connectivity index (χ1) is 10.9. The first kappa shape index (κ1) is 17.2. The van der Waals surface area contributed by atoms with E-state index in [-0.39, 0.29) is 0 Å². The molecule has 0 saturated heterocycles. The lowest BCUT2D eigenvalue weighted by Gasteiger charge is -2.21. The number of anilines is 1. The Hall–Kier alpha value is -2.12. The van der Waals surface area contributed by atoms with E-state index in [0.29, 0.717) is 16.8 Å². The Balaban J connectivity index is 2.29. The van der Waals surface area contributed by atoms with Gasteiger partial charge in [-0.05, 0) is 41.8 Å². The highest BCUT2D eigenvalue weighted by Crippen LogP contribution is 2.51. The molecular formula is C17H19N2O3P. The fraction of sp³-hybridized carbons (Fsp3) is 0.235. The number of aryl methyl sites for hydroxylation is 1. The van der Waals surface area contributed by atoms with E-state index in [2.05, 4.69) is 12.2 Å². The molecule has 0 aliphatic heterocycles. The van der Waals surface area contributed by atoms with Crippen molar-refractivity contribution in [3.05, 3.63) is 65.2 Å². The summed E-state index contributed by atoms with van der Waals surface area (Å²) in [6, 6.07) is 15.8. The van der Waals surface area contributed by atoms with E-state index in [1.807, 2.05) is 30.3 Å². The highest BCUT2D eigenvalue weighted by molar-refractivity contribution is 7.52. The minimum absolute atomic E-state index is 0.362. The summed E-state index contributed by atoms with van der Waals surface area (Å²) in [5.74, 6) is -1.19. The second-order valence-corrected chi connectivity index (χ2v) is 7.01. The van der Waals surface area contributed by atoms with Gasteiger partial charge in [-0.3, -0.25) is 4.57 Å². The minimum atomic E-state index is -4.44. The fourth-order valence-corrected chi connectivity index (χ4v) is 3.22. The third kappa shape index (κ3) is 4.67. The zero-order chi connectivity index (χ0) is 16.9. The largest absolute Gasteiger partial charge is 0.368 e. The van der Waals surface area contributed by atoms with Crippen molar-refractivity contribution >= 4 is 13.3 Å². The van der Waals surface area contributed by atoms with Crippen molar-refractivity contribution in [3.8, 4) is 6.07 Å². The molecule has 3 N–H and O–H groups in total. The molecule has 0 saturated carbocycles. The highest BCUT2D eigenvalue weighted by atomic mass is 31.2. The average Bonchev–Trinajstić information content (AvgIpc) is 2.53. The lowest BCUT2D eigenvalue weighted by molar-refractivity contribution is 0.363. The molecule has 0 spiro atoms.